The van der Waals surface area contributed by atoms with Gasteiger partial charge in [-0.3, -0.25) is 14.6 Å². The number of nitrogens with two attached hydrogens (primary N) is 1. The first-order chi connectivity index (χ1) is 16.5. The molecule has 0 fully saturated rings. The van der Waals surface area contributed by atoms with Gasteiger partial charge in [0.15, 0.2) is 0 Å². The molecule has 1 atom stereocenters. The molecule has 4 heterocycles. The van der Waals surface area contributed by atoms with Crippen molar-refractivity contribution in [1.29, 1.82) is 0 Å². The van der Waals surface area contributed by atoms with E-state index < -0.39 is 5.91 Å². The predicted molar refractivity (Wildman–Crippen MR) is 136 cm³/mol. The lowest BCUT2D eigenvalue weighted by Gasteiger charge is -2.17. The summed E-state index contributed by atoms with van der Waals surface area (Å²) in [6.07, 6.45) is 3.19. The number of carbonyl (C=O) groups is 1. The highest BCUT2D eigenvalue weighted by atomic mass is 32.1. The first-order valence-corrected chi connectivity index (χ1v) is 11.5. The zero-order valence-corrected chi connectivity index (χ0v) is 18.9. The van der Waals surface area contributed by atoms with E-state index in [0.29, 0.717) is 22.3 Å². The Bertz CT molecular complexity index is 1650. The van der Waals surface area contributed by atoms with Gasteiger partial charge in [-0.15, -0.1) is 0 Å². The molecule has 4 aromatic heterocycles. The van der Waals surface area contributed by atoms with Crippen molar-refractivity contribution in [3.63, 3.8) is 0 Å². The number of nitrogens with zero attached hydrogens (tertiary/aromatic N) is 2. The van der Waals surface area contributed by atoms with E-state index in [9.17, 15) is 9.59 Å². The number of pyridine rings is 3. The number of carbonyl (C=O) groups excluding carboxylic acids is 1. The van der Waals surface area contributed by atoms with Crippen LogP contribution in [0, 0.1) is 11.8 Å². The second-order valence-electron chi connectivity index (χ2n) is 7.72. The van der Waals surface area contributed by atoms with Crippen molar-refractivity contribution in [1.82, 2.24) is 15.0 Å². The van der Waals surface area contributed by atoms with Crippen LogP contribution in [0.3, 0.4) is 0 Å². The lowest BCUT2D eigenvalue weighted by molar-refractivity contribution is -0.112. The summed E-state index contributed by atoms with van der Waals surface area (Å²) in [5.74, 6) is 4.90. The molecular weight excluding hydrogens is 446 g/mol. The zero-order chi connectivity index (χ0) is 23.7. The largest absolute Gasteiger partial charge is 0.361 e. The number of rotatable bonds is 4. The lowest BCUT2D eigenvalue weighted by atomic mass is 10.00. The minimum absolute atomic E-state index is 0.145. The number of aromatic nitrogens is 3. The predicted octanol–water partition coefficient (Wildman–Crippen LogP) is 4.21. The number of aromatic amines is 1. The van der Waals surface area contributed by atoms with Crippen LogP contribution >= 0.6 is 11.3 Å². The second-order valence-corrected chi connectivity index (χ2v) is 8.50. The first-order valence-electron chi connectivity index (χ1n) is 10.5. The molecule has 1 unspecified atom stereocenters. The number of hydrogen-bond acceptors (Lipinski definition) is 6. The highest BCUT2D eigenvalue weighted by Gasteiger charge is 2.17. The molecule has 0 aliphatic heterocycles. The Balaban J connectivity index is 1.79. The molecule has 0 spiro atoms. The normalized spacial score (nSPS) is 11.7. The molecule has 34 heavy (non-hydrogen) atoms. The number of anilines is 1. The summed E-state index contributed by atoms with van der Waals surface area (Å²) < 4.78 is 0. The topological polar surface area (TPSA) is 114 Å². The summed E-state index contributed by atoms with van der Waals surface area (Å²) in [7, 11) is 0. The summed E-state index contributed by atoms with van der Waals surface area (Å²) in [6, 6.07) is 13.6. The molecule has 0 bridgehead atoms. The molecule has 5 aromatic rings. The monoisotopic (exact) mass is 465 g/mol. The van der Waals surface area contributed by atoms with Gasteiger partial charge in [0, 0.05) is 29.1 Å². The van der Waals surface area contributed by atoms with Gasteiger partial charge in [0.25, 0.3) is 11.5 Å². The average Bonchev–Trinajstić information content (AvgIpc) is 3.39. The molecule has 0 saturated heterocycles. The van der Waals surface area contributed by atoms with Gasteiger partial charge in [-0.2, -0.15) is 11.3 Å². The molecule has 0 saturated carbocycles. The number of fused-ring (bicyclic) bond motifs is 3. The second kappa shape index (κ2) is 8.81. The van der Waals surface area contributed by atoms with Crippen LogP contribution < -0.4 is 16.6 Å². The number of H-pyrrole nitrogens is 1. The summed E-state index contributed by atoms with van der Waals surface area (Å²) in [5.41, 5.74) is 8.63. The molecule has 0 aliphatic carbocycles. The highest BCUT2D eigenvalue weighted by molar-refractivity contribution is 7.08. The minimum Gasteiger partial charge on any atom is -0.361 e. The molecule has 1 amide bonds. The maximum Gasteiger partial charge on any atom is 0.293 e. The third kappa shape index (κ3) is 4.00. The fraction of sp³-hybridized carbons (Fsp3) is 0.0769. The van der Waals surface area contributed by atoms with Gasteiger partial charge in [0.1, 0.15) is 5.82 Å². The third-order valence-electron chi connectivity index (χ3n) is 5.49. The molecule has 5 rings (SSSR count). The minimum atomic E-state index is -0.762. The Morgan fingerprint density at radius 1 is 1.18 bits per heavy atom. The highest BCUT2D eigenvalue weighted by Crippen LogP contribution is 2.34. The van der Waals surface area contributed by atoms with Crippen LogP contribution in [0.1, 0.15) is 24.2 Å². The molecule has 4 N–H and O–H groups in total. The van der Waals surface area contributed by atoms with Gasteiger partial charge in [-0.1, -0.05) is 24.1 Å². The van der Waals surface area contributed by atoms with Gasteiger partial charge in [-0.25, -0.2) is 4.98 Å². The smallest absolute Gasteiger partial charge is 0.293 e. The van der Waals surface area contributed by atoms with E-state index >= 15 is 0 Å². The summed E-state index contributed by atoms with van der Waals surface area (Å²) >= 11 is 1.61. The summed E-state index contributed by atoms with van der Waals surface area (Å²) in [6.45, 7) is 1.99. The molecular formula is C26H19N5O2S. The third-order valence-corrected chi connectivity index (χ3v) is 6.18. The molecule has 0 radical (unpaired) electrons. The van der Waals surface area contributed by atoms with Gasteiger partial charge in [0.2, 0.25) is 0 Å². The number of hydrogen-bond donors (Lipinski definition) is 3. The van der Waals surface area contributed by atoms with E-state index in [2.05, 4.69) is 32.5 Å². The van der Waals surface area contributed by atoms with Crippen LogP contribution in [0.25, 0.3) is 32.8 Å². The Morgan fingerprint density at radius 3 is 2.79 bits per heavy atom. The lowest BCUT2D eigenvalue weighted by Crippen LogP contribution is -2.13. The maximum absolute atomic E-state index is 13.0. The van der Waals surface area contributed by atoms with Crippen LogP contribution in [0.5, 0.6) is 0 Å². The Labute approximate surface area is 198 Å². The fourth-order valence-electron chi connectivity index (χ4n) is 3.87. The van der Waals surface area contributed by atoms with Crippen LogP contribution in [-0.4, -0.2) is 20.9 Å². The molecule has 1 aromatic carbocycles. The number of primary amides is 1. The fourth-order valence-corrected chi connectivity index (χ4v) is 4.53. The number of thiophene rings is 1. The molecule has 7 nitrogen and oxygen atoms in total. The molecule has 8 heteroatoms. The van der Waals surface area contributed by atoms with Crippen molar-refractivity contribution >= 4 is 44.7 Å². The molecule has 166 valence electrons. The quantitative estimate of drug-likeness (QED) is 0.272. The van der Waals surface area contributed by atoms with E-state index in [0.717, 1.165) is 27.6 Å². The van der Waals surface area contributed by atoms with E-state index in [1.165, 1.54) is 6.20 Å². The first kappa shape index (κ1) is 21.4. The van der Waals surface area contributed by atoms with Crippen LogP contribution in [0.15, 0.2) is 70.4 Å². The van der Waals surface area contributed by atoms with Crippen molar-refractivity contribution in [3.8, 4) is 23.0 Å². The Kier molecular flexibility index (Phi) is 5.54. The number of benzene rings is 1. The van der Waals surface area contributed by atoms with Crippen LogP contribution in [-0.2, 0) is 4.79 Å². The Hall–Kier alpha value is -4.48. The SMILES string of the molecule is CC(Nc1nc2c(C#CC(N)=O)c[nH]c(=O)c2c2cc(-c3ccsc3)ccc12)c1ccccn1. The van der Waals surface area contributed by atoms with Crippen LogP contribution in [0.2, 0.25) is 0 Å². The van der Waals surface area contributed by atoms with Gasteiger partial charge in [-0.05, 0) is 53.1 Å². The average molecular weight is 466 g/mol. The number of nitrogens with one attached hydrogen (secondary N) is 2. The number of amides is 1. The van der Waals surface area contributed by atoms with Crippen molar-refractivity contribution in [2.45, 2.75) is 13.0 Å². The van der Waals surface area contributed by atoms with E-state index in [-0.39, 0.29) is 11.6 Å². The standard InChI is InChI=1S/C26H19N5O2S/c1-15(21-4-2-3-10-28-21)30-25-19-7-5-16(18-9-11-34-14-18)12-20(19)23-24(31-25)17(6-8-22(27)32)13-29-26(23)33/h2-5,7,9-15H,1H3,(H2,27,32)(H,29,33)(H,30,31). The van der Waals surface area contributed by atoms with Crippen molar-refractivity contribution in [2.75, 3.05) is 5.32 Å². The van der Waals surface area contributed by atoms with Crippen molar-refractivity contribution in [2.24, 2.45) is 5.73 Å². The van der Waals surface area contributed by atoms with E-state index in [1.807, 2.05) is 54.8 Å². The maximum atomic E-state index is 13.0. The van der Waals surface area contributed by atoms with Crippen molar-refractivity contribution < 1.29 is 4.79 Å². The summed E-state index contributed by atoms with van der Waals surface area (Å²) in [5, 5.41) is 9.43. The van der Waals surface area contributed by atoms with Crippen molar-refractivity contribution in [3.05, 3.63) is 87.2 Å². The van der Waals surface area contributed by atoms with E-state index in [1.54, 1.807) is 17.5 Å². The molecule has 0 aliphatic rings. The summed E-state index contributed by atoms with van der Waals surface area (Å²) in [4.78, 5) is 36.2. The van der Waals surface area contributed by atoms with Gasteiger partial charge < -0.3 is 16.0 Å². The van der Waals surface area contributed by atoms with Gasteiger partial charge >= 0.3 is 0 Å². The van der Waals surface area contributed by atoms with Gasteiger partial charge in [0.05, 0.1) is 28.2 Å². The zero-order valence-electron chi connectivity index (χ0n) is 18.1. The van der Waals surface area contributed by atoms with E-state index in [4.69, 9.17) is 10.7 Å². The Morgan fingerprint density at radius 2 is 2.06 bits per heavy atom. The van der Waals surface area contributed by atoms with Crippen LogP contribution in [0.4, 0.5) is 5.82 Å².